The predicted octanol–water partition coefficient (Wildman–Crippen LogP) is 4.76. The van der Waals surface area contributed by atoms with E-state index in [-0.39, 0.29) is 35.9 Å². The molecule has 2 saturated heterocycles. The molecule has 186 valence electrons. The van der Waals surface area contributed by atoms with Gasteiger partial charge in [0, 0.05) is 36.3 Å². The van der Waals surface area contributed by atoms with Crippen molar-refractivity contribution >= 4 is 22.9 Å². The third-order valence-corrected chi connectivity index (χ3v) is 7.10. The monoisotopic (exact) mass is 490 g/mol. The summed E-state index contributed by atoms with van der Waals surface area (Å²) >= 11 is 0. The highest BCUT2D eigenvalue weighted by Crippen LogP contribution is 2.40. The Kier molecular flexibility index (Phi) is 5.56. The smallest absolute Gasteiger partial charge is 0.226 e. The molecule has 36 heavy (non-hydrogen) atoms. The highest BCUT2D eigenvalue weighted by atomic mass is 19.1. The molecule has 6 rings (SSSR count). The molecule has 7 nitrogen and oxygen atoms in total. The second kappa shape index (κ2) is 8.78. The molecule has 0 atom stereocenters. The molecule has 8 heteroatoms. The fourth-order valence-electron chi connectivity index (χ4n) is 5.13. The zero-order valence-corrected chi connectivity index (χ0v) is 20.3. The van der Waals surface area contributed by atoms with Crippen molar-refractivity contribution in [2.24, 2.45) is 5.41 Å². The number of benzene rings is 2. The van der Waals surface area contributed by atoms with E-state index in [1.807, 2.05) is 24.0 Å². The van der Waals surface area contributed by atoms with Crippen LogP contribution in [0.1, 0.15) is 24.5 Å². The maximum atomic E-state index is 15.1. The van der Waals surface area contributed by atoms with Crippen molar-refractivity contribution in [1.82, 2.24) is 9.88 Å². The first-order valence-corrected chi connectivity index (χ1v) is 12.1. The number of aromatic nitrogens is 1. The molecule has 3 aliphatic rings. The van der Waals surface area contributed by atoms with E-state index in [1.165, 1.54) is 0 Å². The summed E-state index contributed by atoms with van der Waals surface area (Å²) in [5, 5.41) is 0.665. The van der Waals surface area contributed by atoms with Crippen molar-refractivity contribution in [2.75, 3.05) is 40.0 Å². The van der Waals surface area contributed by atoms with Gasteiger partial charge in [-0.3, -0.25) is 9.78 Å². The van der Waals surface area contributed by atoms with E-state index in [9.17, 15) is 4.79 Å². The minimum absolute atomic E-state index is 0.0718. The van der Waals surface area contributed by atoms with Crippen LogP contribution >= 0.6 is 0 Å². The van der Waals surface area contributed by atoms with Gasteiger partial charge in [0.15, 0.2) is 23.1 Å². The van der Waals surface area contributed by atoms with Gasteiger partial charge in [0.05, 0.1) is 44.3 Å². The van der Waals surface area contributed by atoms with E-state index in [2.05, 4.69) is 4.98 Å². The fraction of sp³-hybridized carbons (Fsp3) is 0.357. The summed E-state index contributed by atoms with van der Waals surface area (Å²) in [6.45, 7) is 5.23. The van der Waals surface area contributed by atoms with Crippen LogP contribution in [0.15, 0.2) is 42.1 Å². The van der Waals surface area contributed by atoms with Crippen LogP contribution in [0, 0.1) is 11.2 Å². The van der Waals surface area contributed by atoms with Crippen molar-refractivity contribution < 1.29 is 28.1 Å². The first-order valence-electron chi connectivity index (χ1n) is 12.1. The lowest BCUT2D eigenvalue weighted by Crippen LogP contribution is -2.67. The topological polar surface area (TPSA) is 70.1 Å². The van der Waals surface area contributed by atoms with E-state index < -0.39 is 0 Å². The number of fused-ring (bicyclic) bond motifs is 2. The predicted molar refractivity (Wildman–Crippen MR) is 132 cm³/mol. The van der Waals surface area contributed by atoms with Crippen LogP contribution in [0.5, 0.6) is 23.0 Å². The molecule has 2 aliphatic heterocycles. The molecule has 3 aromatic rings. The van der Waals surface area contributed by atoms with Crippen LogP contribution in [0.2, 0.25) is 0 Å². The van der Waals surface area contributed by atoms with Crippen molar-refractivity contribution in [3.05, 3.63) is 59.0 Å². The molecule has 0 radical (unpaired) electrons. The molecule has 2 fully saturated rings. The number of allylic oxidation sites excluding steroid dienone is 1. The van der Waals surface area contributed by atoms with Crippen LogP contribution in [0.25, 0.3) is 17.0 Å². The maximum absolute atomic E-state index is 15.1. The Bertz CT molecular complexity index is 1390. The van der Waals surface area contributed by atoms with Crippen molar-refractivity contribution in [1.29, 1.82) is 0 Å². The van der Waals surface area contributed by atoms with Crippen LogP contribution in [0.4, 0.5) is 4.39 Å². The standard InChI is InChI=1S/C28H27FN2O5/c1-17-9-18-3-4-23(27(29)19(18)10-17)36-22-5-7-30-21-12-25(24(33-2)11-20(21)22)35-8-6-26(32)31-13-28(14-31)15-34-16-28/h3-5,7,10-12H,6,8-9,13-16H2,1-2H3. The average Bonchev–Trinajstić information content (AvgIpc) is 3.20. The minimum Gasteiger partial charge on any atom is -0.493 e. The number of rotatable bonds is 7. The van der Waals surface area contributed by atoms with Gasteiger partial charge in [0.25, 0.3) is 0 Å². The van der Waals surface area contributed by atoms with Crippen LogP contribution in [-0.2, 0) is 16.0 Å². The second-order valence-electron chi connectivity index (χ2n) is 9.89. The number of carbonyl (C=O) groups is 1. The SMILES string of the molecule is COc1cc2c(Oc3ccc4c(c3F)C=C(C)C4)ccnc2cc1OCCC(=O)N1CC2(COC2)C1. The lowest BCUT2D eigenvalue weighted by atomic mass is 9.78. The Morgan fingerprint density at radius 3 is 2.72 bits per heavy atom. The van der Waals surface area contributed by atoms with Gasteiger partial charge in [0.2, 0.25) is 5.91 Å². The first kappa shape index (κ1) is 22.8. The van der Waals surface area contributed by atoms with E-state index in [4.69, 9.17) is 18.9 Å². The van der Waals surface area contributed by atoms with E-state index in [1.54, 1.807) is 37.6 Å². The zero-order chi connectivity index (χ0) is 24.9. The number of carbonyl (C=O) groups excluding carboxylic acids is 1. The lowest BCUT2D eigenvalue weighted by molar-refractivity contribution is -0.195. The van der Waals surface area contributed by atoms with Gasteiger partial charge in [-0.15, -0.1) is 0 Å². The summed E-state index contributed by atoms with van der Waals surface area (Å²) in [7, 11) is 1.55. The zero-order valence-electron chi connectivity index (χ0n) is 20.3. The molecule has 2 aromatic carbocycles. The Hall–Kier alpha value is -3.65. The Morgan fingerprint density at radius 1 is 1.14 bits per heavy atom. The van der Waals surface area contributed by atoms with Gasteiger partial charge in [0.1, 0.15) is 5.75 Å². The largest absolute Gasteiger partial charge is 0.493 e. The third kappa shape index (κ3) is 3.95. The quantitative estimate of drug-likeness (QED) is 0.476. The normalized spacial score (nSPS) is 17.3. The summed E-state index contributed by atoms with van der Waals surface area (Å²) in [5.41, 5.74) is 3.48. The molecule has 1 amide bonds. The highest BCUT2D eigenvalue weighted by molar-refractivity contribution is 5.88. The molecular formula is C28H27FN2O5. The average molecular weight is 491 g/mol. The molecule has 0 saturated carbocycles. The van der Waals surface area contributed by atoms with E-state index in [0.29, 0.717) is 33.7 Å². The van der Waals surface area contributed by atoms with E-state index >= 15 is 4.39 Å². The number of hydrogen-bond donors (Lipinski definition) is 0. The number of hydrogen-bond acceptors (Lipinski definition) is 6. The molecule has 0 N–H and O–H groups in total. The summed E-state index contributed by atoms with van der Waals surface area (Å²) in [6.07, 6.45) is 4.50. The second-order valence-corrected chi connectivity index (χ2v) is 9.89. The maximum Gasteiger partial charge on any atom is 0.226 e. The summed E-state index contributed by atoms with van der Waals surface area (Å²) in [6, 6.07) is 8.77. The van der Waals surface area contributed by atoms with Crippen molar-refractivity contribution in [2.45, 2.75) is 19.8 Å². The molecule has 1 spiro atoms. The number of likely N-dealkylation sites (tertiary alicyclic amines) is 1. The molecule has 1 aromatic heterocycles. The van der Waals surface area contributed by atoms with Crippen LogP contribution < -0.4 is 14.2 Å². The number of pyridine rings is 1. The van der Waals surface area contributed by atoms with Gasteiger partial charge in [-0.25, -0.2) is 4.39 Å². The van der Waals surface area contributed by atoms with Gasteiger partial charge >= 0.3 is 0 Å². The summed E-state index contributed by atoms with van der Waals surface area (Å²) in [4.78, 5) is 18.7. The van der Waals surface area contributed by atoms with Crippen LogP contribution in [0.3, 0.4) is 0 Å². The number of methoxy groups -OCH3 is 1. The van der Waals surface area contributed by atoms with E-state index in [0.717, 1.165) is 43.9 Å². The lowest BCUT2D eigenvalue weighted by Gasteiger charge is -2.55. The van der Waals surface area contributed by atoms with Crippen LogP contribution in [-0.4, -0.2) is 55.8 Å². The van der Waals surface area contributed by atoms with Crippen molar-refractivity contribution in [3.63, 3.8) is 0 Å². The van der Waals surface area contributed by atoms with Gasteiger partial charge < -0.3 is 23.8 Å². The van der Waals surface area contributed by atoms with Gasteiger partial charge in [-0.05, 0) is 37.1 Å². The minimum atomic E-state index is -0.371. The van der Waals surface area contributed by atoms with Gasteiger partial charge in [-0.1, -0.05) is 17.7 Å². The molecule has 1 aliphatic carbocycles. The molecular weight excluding hydrogens is 463 g/mol. The summed E-state index contributed by atoms with van der Waals surface area (Å²) < 4.78 is 37.9. The third-order valence-electron chi connectivity index (χ3n) is 7.10. The molecule has 0 bridgehead atoms. The molecule has 0 unspecified atom stereocenters. The first-order chi connectivity index (χ1) is 17.4. The Balaban J connectivity index is 1.18. The number of nitrogens with zero attached hydrogens (tertiary/aromatic N) is 2. The molecule has 3 heterocycles. The Labute approximate surface area is 208 Å². The Morgan fingerprint density at radius 2 is 1.97 bits per heavy atom. The summed E-state index contributed by atoms with van der Waals surface area (Å²) in [5.74, 6) is 1.29. The van der Waals surface area contributed by atoms with Gasteiger partial charge in [-0.2, -0.15) is 0 Å². The van der Waals surface area contributed by atoms with Crippen molar-refractivity contribution in [3.8, 4) is 23.0 Å². The highest BCUT2D eigenvalue weighted by Gasteiger charge is 2.50. The number of ether oxygens (including phenoxy) is 4. The number of halogens is 1. The fourth-order valence-corrected chi connectivity index (χ4v) is 5.13. The number of amides is 1.